The number of hydrazine groups is 1. The summed E-state index contributed by atoms with van der Waals surface area (Å²) >= 11 is 5.98. The molecule has 0 saturated heterocycles. The van der Waals surface area contributed by atoms with Gasteiger partial charge in [0.15, 0.2) is 0 Å². The predicted molar refractivity (Wildman–Crippen MR) is 82.9 cm³/mol. The van der Waals surface area contributed by atoms with Gasteiger partial charge in [0.1, 0.15) is 11.6 Å². The van der Waals surface area contributed by atoms with E-state index in [2.05, 4.69) is 5.43 Å². The van der Waals surface area contributed by atoms with Crippen molar-refractivity contribution in [3.63, 3.8) is 0 Å². The predicted octanol–water partition coefficient (Wildman–Crippen LogP) is 3.10. The van der Waals surface area contributed by atoms with E-state index in [4.69, 9.17) is 22.2 Å². The van der Waals surface area contributed by atoms with E-state index in [1.807, 2.05) is 30.3 Å². The Morgan fingerprint density at radius 2 is 1.90 bits per heavy atom. The topological polar surface area (TPSA) is 47.3 Å². The van der Waals surface area contributed by atoms with E-state index in [-0.39, 0.29) is 11.1 Å². The zero-order valence-corrected chi connectivity index (χ0v) is 12.5. The fraction of sp³-hybridized carbons (Fsp3) is 0.250. The van der Waals surface area contributed by atoms with Crippen molar-refractivity contribution in [2.24, 2.45) is 5.84 Å². The summed E-state index contributed by atoms with van der Waals surface area (Å²) < 4.78 is 18.6. The molecule has 0 fully saturated rings. The Morgan fingerprint density at radius 3 is 2.52 bits per heavy atom. The number of benzene rings is 2. The van der Waals surface area contributed by atoms with Crippen LogP contribution in [0.4, 0.5) is 4.39 Å². The Kier molecular flexibility index (Phi) is 5.56. The van der Waals surface area contributed by atoms with Crippen molar-refractivity contribution in [1.82, 2.24) is 5.43 Å². The van der Waals surface area contributed by atoms with Crippen LogP contribution in [0, 0.1) is 5.82 Å². The number of halogens is 2. The van der Waals surface area contributed by atoms with E-state index in [9.17, 15) is 4.39 Å². The number of nitrogens with two attached hydrogens (primary N) is 1. The van der Waals surface area contributed by atoms with Crippen molar-refractivity contribution in [2.45, 2.75) is 18.9 Å². The lowest BCUT2D eigenvalue weighted by molar-refractivity contribution is 0.414. The molecule has 1 atom stereocenters. The number of hydrogen-bond donors (Lipinski definition) is 2. The van der Waals surface area contributed by atoms with E-state index in [1.54, 1.807) is 13.2 Å². The summed E-state index contributed by atoms with van der Waals surface area (Å²) in [4.78, 5) is 0. The Hall–Kier alpha value is -1.62. The fourth-order valence-corrected chi connectivity index (χ4v) is 2.41. The Labute approximate surface area is 128 Å². The maximum absolute atomic E-state index is 13.4. The van der Waals surface area contributed by atoms with Crippen molar-refractivity contribution < 1.29 is 9.13 Å². The highest BCUT2D eigenvalue weighted by Crippen LogP contribution is 2.22. The molecule has 5 heteroatoms. The molecular weight excluding hydrogens is 291 g/mol. The molecule has 0 bridgehead atoms. The second-order valence-electron chi connectivity index (χ2n) is 4.83. The van der Waals surface area contributed by atoms with Crippen molar-refractivity contribution in [2.75, 3.05) is 7.11 Å². The molecule has 0 saturated carbocycles. The monoisotopic (exact) mass is 308 g/mol. The van der Waals surface area contributed by atoms with Crippen molar-refractivity contribution in [3.05, 3.63) is 64.4 Å². The third-order valence-electron chi connectivity index (χ3n) is 3.37. The third-order valence-corrected chi connectivity index (χ3v) is 3.80. The van der Waals surface area contributed by atoms with Gasteiger partial charge in [-0.15, -0.1) is 0 Å². The molecule has 3 nitrogen and oxygen atoms in total. The highest BCUT2D eigenvalue weighted by atomic mass is 35.5. The summed E-state index contributed by atoms with van der Waals surface area (Å²) in [5.74, 6) is 6.00. The number of hydrogen-bond acceptors (Lipinski definition) is 3. The molecule has 2 rings (SSSR count). The first-order chi connectivity index (χ1) is 10.1. The maximum atomic E-state index is 13.4. The van der Waals surface area contributed by atoms with Gasteiger partial charge >= 0.3 is 0 Å². The Morgan fingerprint density at radius 1 is 1.19 bits per heavy atom. The van der Waals surface area contributed by atoms with E-state index in [1.165, 1.54) is 6.07 Å². The lowest BCUT2D eigenvalue weighted by Gasteiger charge is -2.17. The van der Waals surface area contributed by atoms with Crippen molar-refractivity contribution >= 4 is 11.6 Å². The highest BCUT2D eigenvalue weighted by Gasteiger charge is 2.13. The van der Waals surface area contributed by atoms with Gasteiger partial charge in [-0.3, -0.25) is 11.3 Å². The molecule has 0 heterocycles. The minimum atomic E-state index is -0.408. The number of rotatable bonds is 6. The summed E-state index contributed by atoms with van der Waals surface area (Å²) in [5, 5.41) is 0.160. The summed E-state index contributed by atoms with van der Waals surface area (Å²) in [7, 11) is 1.63. The number of methoxy groups -OCH3 is 1. The van der Waals surface area contributed by atoms with Gasteiger partial charge in [-0.1, -0.05) is 35.9 Å². The van der Waals surface area contributed by atoms with Crippen LogP contribution in [0.5, 0.6) is 5.75 Å². The Bertz CT molecular complexity index is 589. The average Bonchev–Trinajstić information content (AvgIpc) is 2.51. The van der Waals surface area contributed by atoms with Crippen LogP contribution in [0.25, 0.3) is 0 Å². The van der Waals surface area contributed by atoms with Crippen molar-refractivity contribution in [1.29, 1.82) is 0 Å². The summed E-state index contributed by atoms with van der Waals surface area (Å²) in [5.41, 5.74) is 4.62. The molecule has 3 N–H and O–H groups in total. The van der Waals surface area contributed by atoms with Gasteiger partial charge < -0.3 is 4.74 Å². The second-order valence-corrected chi connectivity index (χ2v) is 5.21. The largest absolute Gasteiger partial charge is 0.497 e. The zero-order chi connectivity index (χ0) is 15.2. The van der Waals surface area contributed by atoms with Crippen LogP contribution in [-0.2, 0) is 12.8 Å². The second kappa shape index (κ2) is 7.41. The van der Waals surface area contributed by atoms with Crippen molar-refractivity contribution in [3.8, 4) is 5.75 Å². The SMILES string of the molecule is COc1ccc(CC(Cc2cccc(F)c2Cl)NN)cc1. The fourth-order valence-electron chi connectivity index (χ4n) is 2.21. The van der Waals surface area contributed by atoms with E-state index in [0.717, 1.165) is 16.9 Å². The van der Waals surface area contributed by atoms with E-state index < -0.39 is 5.82 Å². The smallest absolute Gasteiger partial charge is 0.142 e. The molecule has 0 aromatic heterocycles. The lowest BCUT2D eigenvalue weighted by atomic mass is 9.99. The zero-order valence-electron chi connectivity index (χ0n) is 11.8. The van der Waals surface area contributed by atoms with Gasteiger partial charge in [-0.25, -0.2) is 4.39 Å². The molecule has 1 unspecified atom stereocenters. The van der Waals surface area contributed by atoms with Gasteiger partial charge in [0.25, 0.3) is 0 Å². The molecule has 2 aromatic carbocycles. The quantitative estimate of drug-likeness (QED) is 0.637. The first-order valence-corrected chi connectivity index (χ1v) is 7.03. The molecule has 0 radical (unpaired) electrons. The van der Waals surface area contributed by atoms with Gasteiger partial charge in [0, 0.05) is 6.04 Å². The summed E-state index contributed by atoms with van der Waals surface area (Å²) in [6.07, 6.45) is 1.27. The minimum Gasteiger partial charge on any atom is -0.497 e. The third kappa shape index (κ3) is 4.17. The van der Waals surface area contributed by atoms with Crippen LogP contribution in [0.2, 0.25) is 5.02 Å². The van der Waals surface area contributed by atoms with Crippen LogP contribution in [0.1, 0.15) is 11.1 Å². The van der Waals surface area contributed by atoms with Gasteiger partial charge in [0.2, 0.25) is 0 Å². The van der Waals surface area contributed by atoms with Gasteiger partial charge in [-0.2, -0.15) is 0 Å². The molecule has 0 aliphatic carbocycles. The standard InChI is InChI=1S/C16H18ClFN2O/c1-21-14-7-5-11(6-8-14)9-13(20-19)10-12-3-2-4-15(18)16(12)17/h2-8,13,20H,9-10,19H2,1H3. The molecule has 0 amide bonds. The molecule has 112 valence electrons. The van der Waals surface area contributed by atoms with E-state index >= 15 is 0 Å². The van der Waals surface area contributed by atoms with Crippen LogP contribution >= 0.6 is 11.6 Å². The molecule has 0 aliphatic rings. The highest BCUT2D eigenvalue weighted by molar-refractivity contribution is 6.31. The molecule has 2 aromatic rings. The van der Waals surface area contributed by atoms with E-state index in [0.29, 0.717) is 12.8 Å². The molecule has 0 aliphatic heterocycles. The molecular formula is C16H18ClFN2O. The van der Waals surface area contributed by atoms with Crippen LogP contribution in [-0.4, -0.2) is 13.2 Å². The maximum Gasteiger partial charge on any atom is 0.142 e. The number of nitrogens with one attached hydrogen (secondary N) is 1. The minimum absolute atomic E-state index is 0.0299. The first kappa shape index (κ1) is 15.8. The van der Waals surface area contributed by atoms with Gasteiger partial charge in [0.05, 0.1) is 12.1 Å². The lowest BCUT2D eigenvalue weighted by Crippen LogP contribution is -2.38. The average molecular weight is 309 g/mol. The summed E-state index contributed by atoms with van der Waals surface area (Å²) in [6.45, 7) is 0. The van der Waals surface area contributed by atoms with Crippen LogP contribution in [0.15, 0.2) is 42.5 Å². The molecule has 0 spiro atoms. The van der Waals surface area contributed by atoms with Crippen LogP contribution < -0.4 is 16.0 Å². The Balaban J connectivity index is 2.07. The summed E-state index contributed by atoms with van der Waals surface area (Å²) in [6, 6.07) is 12.5. The first-order valence-electron chi connectivity index (χ1n) is 6.66. The van der Waals surface area contributed by atoms with Gasteiger partial charge in [-0.05, 0) is 42.2 Å². The molecule has 21 heavy (non-hydrogen) atoms. The normalized spacial score (nSPS) is 12.2. The number of ether oxygens (including phenoxy) is 1. The van der Waals surface area contributed by atoms with Crippen LogP contribution in [0.3, 0.4) is 0 Å².